The molecule has 1 heteroatoms. The highest BCUT2D eigenvalue weighted by atomic mass is 14.9. The molecule has 0 amide bonds. The maximum absolute atomic E-state index is 3.48. The third-order valence-corrected chi connectivity index (χ3v) is 3.10. The Morgan fingerprint density at radius 3 is 2.37 bits per heavy atom. The van der Waals surface area contributed by atoms with Crippen molar-refractivity contribution >= 4 is 11.8 Å². The maximum atomic E-state index is 3.48. The van der Waals surface area contributed by atoms with Gasteiger partial charge in [0.15, 0.2) is 0 Å². The molecule has 0 spiro atoms. The van der Waals surface area contributed by atoms with Crippen LogP contribution in [0.25, 0.3) is 6.08 Å². The van der Waals surface area contributed by atoms with Gasteiger partial charge in [-0.3, -0.25) is 0 Å². The molecule has 0 saturated carbocycles. The molecule has 0 aliphatic heterocycles. The van der Waals surface area contributed by atoms with Crippen LogP contribution in [0.4, 0.5) is 5.69 Å². The monoisotopic (exact) mass is 251 g/mol. The van der Waals surface area contributed by atoms with E-state index < -0.39 is 0 Å². The summed E-state index contributed by atoms with van der Waals surface area (Å²) in [5.74, 6) is 0.543. The Morgan fingerprint density at radius 2 is 1.63 bits per heavy atom. The summed E-state index contributed by atoms with van der Waals surface area (Å²) in [4.78, 5) is 0. The summed E-state index contributed by atoms with van der Waals surface area (Å²) in [5.41, 5.74) is 3.84. The van der Waals surface area contributed by atoms with Crippen LogP contribution in [0.5, 0.6) is 0 Å². The molecule has 2 aromatic rings. The topological polar surface area (TPSA) is 12.0 Å². The van der Waals surface area contributed by atoms with Gasteiger partial charge in [0.05, 0.1) is 0 Å². The van der Waals surface area contributed by atoms with Crippen LogP contribution in [-0.4, -0.2) is 6.54 Å². The van der Waals surface area contributed by atoms with Crippen molar-refractivity contribution in [2.45, 2.75) is 19.8 Å². The number of benzene rings is 2. The third-order valence-electron chi connectivity index (χ3n) is 3.10. The summed E-state index contributed by atoms with van der Waals surface area (Å²) in [6.45, 7) is 5.29. The van der Waals surface area contributed by atoms with Crippen LogP contribution in [0.3, 0.4) is 0 Å². The summed E-state index contributed by atoms with van der Waals surface area (Å²) in [6, 6.07) is 18.9. The molecule has 2 rings (SSSR count). The summed E-state index contributed by atoms with van der Waals surface area (Å²) in [7, 11) is 0. The first-order chi connectivity index (χ1) is 9.27. The average Bonchev–Trinajstić information content (AvgIpc) is 2.45. The summed E-state index contributed by atoms with van der Waals surface area (Å²) >= 11 is 0. The molecule has 1 N–H and O–H groups in total. The van der Waals surface area contributed by atoms with E-state index in [0.29, 0.717) is 5.92 Å². The minimum absolute atomic E-state index is 0.543. The number of hydrogen-bond donors (Lipinski definition) is 1. The van der Waals surface area contributed by atoms with Crippen molar-refractivity contribution in [2.75, 3.05) is 11.9 Å². The van der Waals surface area contributed by atoms with Gasteiger partial charge in [-0.1, -0.05) is 74.5 Å². The molecule has 0 aliphatic rings. The van der Waals surface area contributed by atoms with Gasteiger partial charge in [0.2, 0.25) is 0 Å². The Kier molecular flexibility index (Phi) is 4.79. The largest absolute Gasteiger partial charge is 0.381 e. The zero-order valence-corrected chi connectivity index (χ0v) is 11.6. The Balaban J connectivity index is 1.95. The van der Waals surface area contributed by atoms with Crippen molar-refractivity contribution < 1.29 is 0 Å². The van der Waals surface area contributed by atoms with E-state index in [1.165, 1.54) is 16.8 Å². The molecule has 1 nitrogen and oxygen atoms in total. The van der Waals surface area contributed by atoms with E-state index >= 15 is 0 Å². The molecular weight excluding hydrogens is 230 g/mol. The van der Waals surface area contributed by atoms with Crippen molar-refractivity contribution in [3.05, 3.63) is 71.8 Å². The zero-order chi connectivity index (χ0) is 13.5. The third kappa shape index (κ3) is 3.99. The number of anilines is 1. The van der Waals surface area contributed by atoms with Crippen LogP contribution in [0.15, 0.2) is 60.7 Å². The zero-order valence-electron chi connectivity index (χ0n) is 11.6. The van der Waals surface area contributed by atoms with Crippen LogP contribution in [0, 0.1) is 0 Å². The Bertz CT molecular complexity index is 526. The molecule has 19 heavy (non-hydrogen) atoms. The van der Waals surface area contributed by atoms with Crippen LogP contribution in [0.2, 0.25) is 0 Å². The molecular formula is C18H21N. The highest BCUT2D eigenvalue weighted by molar-refractivity contribution is 5.54. The molecule has 0 saturated heterocycles. The predicted molar refractivity (Wildman–Crippen MR) is 84.5 cm³/mol. The maximum Gasteiger partial charge on any atom is 0.0377 e. The summed E-state index contributed by atoms with van der Waals surface area (Å²) < 4.78 is 0. The van der Waals surface area contributed by atoms with Gasteiger partial charge in [-0.05, 0) is 23.1 Å². The van der Waals surface area contributed by atoms with Crippen molar-refractivity contribution in [3.63, 3.8) is 0 Å². The lowest BCUT2D eigenvalue weighted by Gasteiger charge is -2.13. The van der Waals surface area contributed by atoms with Crippen molar-refractivity contribution in [1.82, 2.24) is 0 Å². The smallest absolute Gasteiger partial charge is 0.0377 e. The van der Waals surface area contributed by atoms with Gasteiger partial charge >= 0.3 is 0 Å². The predicted octanol–water partition coefficient (Wildman–Crippen LogP) is 4.94. The molecule has 2 aromatic carbocycles. The van der Waals surface area contributed by atoms with E-state index in [1.807, 2.05) is 6.07 Å². The number of rotatable bonds is 5. The minimum atomic E-state index is 0.543. The van der Waals surface area contributed by atoms with Crippen molar-refractivity contribution in [1.29, 1.82) is 0 Å². The Morgan fingerprint density at radius 1 is 0.947 bits per heavy atom. The van der Waals surface area contributed by atoms with Crippen molar-refractivity contribution in [3.8, 4) is 0 Å². The molecule has 98 valence electrons. The average molecular weight is 251 g/mol. The van der Waals surface area contributed by atoms with Gasteiger partial charge < -0.3 is 5.32 Å². The highest BCUT2D eigenvalue weighted by Gasteiger charge is 2.03. The SMILES string of the molecule is CC(C)c1ccccc1NC/C=C/c1ccccc1. The molecule has 0 aromatic heterocycles. The lowest BCUT2D eigenvalue weighted by atomic mass is 10.0. The number of nitrogens with one attached hydrogen (secondary N) is 1. The molecule has 0 aliphatic carbocycles. The van der Waals surface area contributed by atoms with Gasteiger partial charge in [-0.15, -0.1) is 0 Å². The Hall–Kier alpha value is -2.02. The van der Waals surface area contributed by atoms with Crippen molar-refractivity contribution in [2.24, 2.45) is 0 Å². The van der Waals surface area contributed by atoms with E-state index in [4.69, 9.17) is 0 Å². The number of hydrogen-bond acceptors (Lipinski definition) is 1. The van der Waals surface area contributed by atoms with E-state index in [0.717, 1.165) is 6.54 Å². The standard InChI is InChI=1S/C18H21N/c1-15(2)17-12-6-7-13-18(17)19-14-8-11-16-9-4-3-5-10-16/h3-13,15,19H,14H2,1-2H3/b11-8+. The quantitative estimate of drug-likeness (QED) is 0.794. The second kappa shape index (κ2) is 6.79. The first kappa shape index (κ1) is 13.4. The number of para-hydroxylation sites is 1. The van der Waals surface area contributed by atoms with Crippen LogP contribution in [0.1, 0.15) is 30.9 Å². The van der Waals surface area contributed by atoms with Gasteiger partial charge in [-0.25, -0.2) is 0 Å². The second-order valence-corrected chi connectivity index (χ2v) is 4.94. The fraction of sp³-hybridized carbons (Fsp3) is 0.222. The van der Waals surface area contributed by atoms with Gasteiger partial charge in [0.25, 0.3) is 0 Å². The Labute approximate surface area is 116 Å². The molecule has 0 unspecified atom stereocenters. The summed E-state index contributed by atoms with van der Waals surface area (Å²) in [6.07, 6.45) is 4.30. The van der Waals surface area contributed by atoms with Gasteiger partial charge in [0, 0.05) is 12.2 Å². The van der Waals surface area contributed by atoms with Gasteiger partial charge in [0.1, 0.15) is 0 Å². The minimum Gasteiger partial charge on any atom is -0.381 e. The molecule has 0 bridgehead atoms. The van der Waals surface area contributed by atoms with Gasteiger partial charge in [-0.2, -0.15) is 0 Å². The molecule has 0 atom stereocenters. The van der Waals surface area contributed by atoms with Crippen LogP contribution in [-0.2, 0) is 0 Å². The van der Waals surface area contributed by atoms with Crippen LogP contribution < -0.4 is 5.32 Å². The fourth-order valence-corrected chi connectivity index (χ4v) is 2.09. The molecule has 0 radical (unpaired) electrons. The van der Waals surface area contributed by atoms with E-state index in [9.17, 15) is 0 Å². The van der Waals surface area contributed by atoms with E-state index in [-0.39, 0.29) is 0 Å². The highest BCUT2D eigenvalue weighted by Crippen LogP contribution is 2.23. The fourth-order valence-electron chi connectivity index (χ4n) is 2.09. The first-order valence-electron chi connectivity index (χ1n) is 6.82. The lowest BCUT2D eigenvalue weighted by molar-refractivity contribution is 0.867. The molecule has 0 fully saturated rings. The lowest BCUT2D eigenvalue weighted by Crippen LogP contribution is -2.02. The first-order valence-corrected chi connectivity index (χ1v) is 6.82. The second-order valence-electron chi connectivity index (χ2n) is 4.94. The summed E-state index contributed by atoms with van der Waals surface area (Å²) in [5, 5.41) is 3.48. The normalized spacial score (nSPS) is 11.1. The van der Waals surface area contributed by atoms with E-state index in [1.54, 1.807) is 0 Å². The van der Waals surface area contributed by atoms with E-state index in [2.05, 4.69) is 79.8 Å². The van der Waals surface area contributed by atoms with Crippen LogP contribution >= 0.6 is 0 Å². The molecule has 0 heterocycles.